The van der Waals surface area contributed by atoms with E-state index >= 15 is 0 Å². The molecule has 158 valence electrons. The zero-order valence-corrected chi connectivity index (χ0v) is 16.8. The molecule has 0 amide bonds. The largest absolute Gasteiger partial charge is 0.573 e. The second-order valence-electron chi connectivity index (χ2n) is 8.35. The van der Waals surface area contributed by atoms with Crippen LogP contribution >= 0.6 is 0 Å². The Balaban J connectivity index is 1.57. The molecule has 2 aliphatic rings. The number of nitrogens with one attached hydrogen (secondary N) is 1. The van der Waals surface area contributed by atoms with Crippen molar-refractivity contribution < 1.29 is 17.9 Å². The summed E-state index contributed by atoms with van der Waals surface area (Å²) in [5, 5.41) is 4.54. The van der Waals surface area contributed by atoms with Crippen molar-refractivity contribution in [3.05, 3.63) is 59.0 Å². The number of piperidine rings is 1. The van der Waals surface area contributed by atoms with E-state index in [9.17, 15) is 13.2 Å². The van der Waals surface area contributed by atoms with Crippen molar-refractivity contribution in [1.82, 2.24) is 14.9 Å². The van der Waals surface area contributed by atoms with E-state index in [2.05, 4.69) is 25.7 Å². The normalized spacial score (nSPS) is 20.9. The molecule has 1 fully saturated rings. The van der Waals surface area contributed by atoms with Gasteiger partial charge in [-0.25, -0.2) is 0 Å². The van der Waals surface area contributed by atoms with Crippen LogP contribution in [-0.2, 0) is 19.4 Å². The summed E-state index contributed by atoms with van der Waals surface area (Å²) in [5.74, 6) is -0.157. The number of aromatic nitrogens is 2. The number of fused-ring (bicyclic) bond motifs is 6. The van der Waals surface area contributed by atoms with Crippen molar-refractivity contribution in [2.75, 3.05) is 0 Å². The Hall–Kier alpha value is -2.54. The number of halogens is 3. The average molecular weight is 415 g/mol. The molecule has 1 unspecified atom stereocenters. The number of aryl methyl sites for hydroxylation is 3. The summed E-state index contributed by atoms with van der Waals surface area (Å²) in [6.07, 6.45) is 2.23. The first kappa shape index (κ1) is 19.4. The van der Waals surface area contributed by atoms with Gasteiger partial charge in [-0.2, -0.15) is 0 Å². The van der Waals surface area contributed by atoms with E-state index in [4.69, 9.17) is 0 Å². The molecule has 0 radical (unpaired) electrons. The molecule has 1 aromatic carbocycles. The molecule has 2 atom stereocenters. The van der Waals surface area contributed by atoms with E-state index in [0.717, 1.165) is 66.4 Å². The number of hydrogen-bond donors (Lipinski definition) is 1. The van der Waals surface area contributed by atoms with Crippen LogP contribution in [0.25, 0.3) is 10.9 Å². The van der Waals surface area contributed by atoms with Crippen molar-refractivity contribution >= 4 is 10.9 Å². The van der Waals surface area contributed by atoms with E-state index in [1.807, 2.05) is 19.2 Å². The molecule has 2 aliphatic heterocycles. The molecule has 30 heavy (non-hydrogen) atoms. The van der Waals surface area contributed by atoms with Crippen molar-refractivity contribution in [1.29, 1.82) is 0 Å². The highest BCUT2D eigenvalue weighted by Crippen LogP contribution is 2.42. The summed E-state index contributed by atoms with van der Waals surface area (Å²) < 4.78 is 44.9. The quantitative estimate of drug-likeness (QED) is 0.635. The lowest BCUT2D eigenvalue weighted by Crippen LogP contribution is -2.43. The fraction of sp³-hybridized carbons (Fsp3) is 0.435. The third kappa shape index (κ3) is 3.67. The Morgan fingerprint density at radius 2 is 2.07 bits per heavy atom. The van der Waals surface area contributed by atoms with Crippen molar-refractivity contribution in [2.24, 2.45) is 0 Å². The Morgan fingerprint density at radius 3 is 2.83 bits per heavy atom. The molecule has 2 aromatic heterocycles. The van der Waals surface area contributed by atoms with Crippen molar-refractivity contribution in [3.8, 4) is 5.75 Å². The summed E-state index contributed by atoms with van der Waals surface area (Å²) in [7, 11) is 0. The monoisotopic (exact) mass is 415 g/mol. The van der Waals surface area contributed by atoms with Gasteiger partial charge in [0.2, 0.25) is 0 Å². The topological polar surface area (TPSA) is 39.1 Å². The van der Waals surface area contributed by atoms with Crippen LogP contribution in [0.2, 0.25) is 0 Å². The molecule has 7 heteroatoms. The number of pyridine rings is 1. The average Bonchev–Trinajstić information content (AvgIpc) is 2.99. The Bertz CT molecular complexity index is 1070. The number of ether oxygens (including phenoxy) is 1. The van der Waals surface area contributed by atoms with Crippen LogP contribution in [0.5, 0.6) is 5.75 Å². The lowest BCUT2D eigenvalue weighted by molar-refractivity contribution is -0.274. The molecule has 0 aliphatic carbocycles. The molecule has 1 N–H and O–H groups in total. The third-order valence-electron chi connectivity index (χ3n) is 6.29. The van der Waals surface area contributed by atoms with Gasteiger partial charge in [0.1, 0.15) is 5.75 Å². The molecule has 4 heterocycles. The zero-order valence-electron chi connectivity index (χ0n) is 16.8. The summed E-state index contributed by atoms with van der Waals surface area (Å²) in [6, 6.07) is 9.48. The molecule has 5 rings (SSSR count). The fourth-order valence-electron chi connectivity index (χ4n) is 5.00. The van der Waals surface area contributed by atoms with E-state index in [1.54, 1.807) is 12.1 Å². The second-order valence-corrected chi connectivity index (χ2v) is 8.35. The van der Waals surface area contributed by atoms with Gasteiger partial charge in [0.15, 0.2) is 0 Å². The third-order valence-corrected chi connectivity index (χ3v) is 6.29. The molecule has 3 aromatic rings. The molecular formula is C23H24F3N3O. The first-order chi connectivity index (χ1) is 14.4. The number of benzene rings is 1. The standard InChI is InChI=1S/C23H24F3N3O/c1-14-5-6-15(13-27-14)9-10-29-20-8-7-17(30-23(24,25)26)12-18(20)22-19-4-2-3-16(28-19)11-21(22)29/h5-8,12-13,16,19,28H,2-4,9-11H2,1H3/t16?,19-/m0/s1. The van der Waals surface area contributed by atoms with E-state index in [0.29, 0.717) is 6.04 Å². The summed E-state index contributed by atoms with van der Waals surface area (Å²) in [4.78, 5) is 4.38. The second kappa shape index (κ2) is 7.30. The van der Waals surface area contributed by atoms with Gasteiger partial charge in [0, 0.05) is 53.5 Å². The minimum absolute atomic E-state index is 0.157. The van der Waals surface area contributed by atoms with Crippen molar-refractivity contribution in [3.63, 3.8) is 0 Å². The summed E-state index contributed by atoms with van der Waals surface area (Å²) >= 11 is 0. The van der Waals surface area contributed by atoms with Crippen LogP contribution in [0.4, 0.5) is 13.2 Å². The maximum absolute atomic E-state index is 12.8. The molecule has 0 spiro atoms. The number of rotatable bonds is 4. The van der Waals surface area contributed by atoms with Gasteiger partial charge < -0.3 is 14.6 Å². The zero-order chi connectivity index (χ0) is 20.9. The van der Waals surface area contributed by atoms with Crippen LogP contribution in [0.15, 0.2) is 36.5 Å². The Labute approximate surface area is 173 Å². The Morgan fingerprint density at radius 1 is 1.20 bits per heavy atom. The van der Waals surface area contributed by atoms with Crippen LogP contribution < -0.4 is 10.1 Å². The van der Waals surface area contributed by atoms with Crippen LogP contribution in [-0.4, -0.2) is 22.0 Å². The van der Waals surface area contributed by atoms with Crippen molar-refractivity contribution in [2.45, 2.75) is 64.0 Å². The van der Waals surface area contributed by atoms with Gasteiger partial charge in [0.25, 0.3) is 0 Å². The molecular weight excluding hydrogens is 391 g/mol. The summed E-state index contributed by atoms with van der Waals surface area (Å²) in [6.45, 7) is 2.74. The van der Waals surface area contributed by atoms with Gasteiger partial charge in [-0.1, -0.05) is 6.07 Å². The van der Waals surface area contributed by atoms with Gasteiger partial charge >= 0.3 is 6.36 Å². The first-order valence-corrected chi connectivity index (χ1v) is 10.5. The highest BCUT2D eigenvalue weighted by atomic mass is 19.4. The number of nitrogens with zero attached hydrogens (tertiary/aromatic N) is 2. The van der Waals surface area contributed by atoms with E-state index in [1.165, 1.54) is 11.8 Å². The molecule has 4 nitrogen and oxygen atoms in total. The lowest BCUT2D eigenvalue weighted by atomic mass is 9.84. The highest BCUT2D eigenvalue weighted by Gasteiger charge is 2.35. The summed E-state index contributed by atoms with van der Waals surface area (Å²) in [5.41, 5.74) is 5.52. The van der Waals surface area contributed by atoms with Gasteiger partial charge in [-0.3, -0.25) is 4.98 Å². The minimum atomic E-state index is -4.69. The maximum atomic E-state index is 12.8. The smallest absolute Gasteiger partial charge is 0.406 e. The lowest BCUT2D eigenvalue weighted by Gasteiger charge is -2.37. The fourth-order valence-corrected chi connectivity index (χ4v) is 5.00. The Kier molecular flexibility index (Phi) is 4.73. The molecule has 2 bridgehead atoms. The number of hydrogen-bond acceptors (Lipinski definition) is 3. The minimum Gasteiger partial charge on any atom is -0.406 e. The molecule has 1 saturated heterocycles. The highest BCUT2D eigenvalue weighted by molar-refractivity contribution is 5.88. The van der Waals surface area contributed by atoms with E-state index in [-0.39, 0.29) is 11.8 Å². The molecule has 0 saturated carbocycles. The number of alkyl halides is 3. The predicted octanol–water partition coefficient (Wildman–Crippen LogP) is 5.23. The van der Waals surface area contributed by atoms with Gasteiger partial charge in [-0.15, -0.1) is 13.2 Å². The van der Waals surface area contributed by atoms with Gasteiger partial charge in [-0.05, 0) is 68.0 Å². The predicted molar refractivity (Wildman–Crippen MR) is 109 cm³/mol. The van der Waals surface area contributed by atoms with Crippen LogP contribution in [0, 0.1) is 6.92 Å². The maximum Gasteiger partial charge on any atom is 0.573 e. The van der Waals surface area contributed by atoms with Crippen LogP contribution in [0.1, 0.15) is 47.8 Å². The van der Waals surface area contributed by atoms with Crippen LogP contribution in [0.3, 0.4) is 0 Å². The SMILES string of the molecule is Cc1ccc(CCn2c3c(c4cc(OC(F)(F)F)ccc42)[C@@H]2CCCC(C3)N2)cn1. The van der Waals surface area contributed by atoms with E-state index < -0.39 is 6.36 Å². The van der Waals surface area contributed by atoms with Gasteiger partial charge in [0.05, 0.1) is 0 Å². The first-order valence-electron chi connectivity index (χ1n) is 10.5.